The van der Waals surface area contributed by atoms with E-state index in [1.807, 2.05) is 36.4 Å². The van der Waals surface area contributed by atoms with Crippen LogP contribution in [0.15, 0.2) is 70.4 Å². The molecule has 5 rings (SSSR count). The van der Waals surface area contributed by atoms with Crippen LogP contribution >= 0.6 is 0 Å². The maximum atomic E-state index is 13.0. The van der Waals surface area contributed by atoms with E-state index >= 15 is 0 Å². The fourth-order valence-electron chi connectivity index (χ4n) is 4.20. The molecule has 0 bridgehead atoms. The van der Waals surface area contributed by atoms with E-state index in [1.165, 1.54) is 0 Å². The van der Waals surface area contributed by atoms with Crippen LogP contribution in [0.3, 0.4) is 0 Å². The third-order valence-corrected chi connectivity index (χ3v) is 7.68. The summed E-state index contributed by atoms with van der Waals surface area (Å²) in [6.07, 6.45) is 5.18. The second-order valence-corrected chi connectivity index (χ2v) is 9.10. The van der Waals surface area contributed by atoms with Crippen molar-refractivity contribution in [1.29, 1.82) is 0 Å². The van der Waals surface area contributed by atoms with E-state index in [4.69, 9.17) is 4.42 Å². The Bertz CT molecular complexity index is 1050. The summed E-state index contributed by atoms with van der Waals surface area (Å²) in [6.45, 7) is 2.07. The SMILES string of the molecule is O=S1(=O)c2ccc(-c3ccco3)cc2[C@H]2CN(Cc3ccncc3)C[C@H]21. The number of benzene rings is 1. The molecule has 26 heavy (non-hydrogen) atoms. The maximum Gasteiger partial charge on any atom is 0.183 e. The second-order valence-electron chi connectivity index (χ2n) is 6.97. The molecule has 2 aliphatic rings. The number of sulfone groups is 1. The molecule has 0 saturated carbocycles. The highest BCUT2D eigenvalue weighted by molar-refractivity contribution is 7.92. The normalized spacial score (nSPS) is 23.7. The average molecular weight is 366 g/mol. The van der Waals surface area contributed by atoms with Crippen LogP contribution in [0.4, 0.5) is 0 Å². The topological polar surface area (TPSA) is 63.4 Å². The van der Waals surface area contributed by atoms with Gasteiger partial charge in [-0.3, -0.25) is 9.88 Å². The first-order valence-electron chi connectivity index (χ1n) is 8.66. The first kappa shape index (κ1) is 15.8. The number of likely N-dealkylation sites (tertiary alicyclic amines) is 1. The van der Waals surface area contributed by atoms with Gasteiger partial charge in [0.1, 0.15) is 5.76 Å². The fraction of sp³-hybridized carbons (Fsp3) is 0.250. The lowest BCUT2D eigenvalue weighted by atomic mass is 9.96. The predicted octanol–water partition coefficient (Wildman–Crippen LogP) is 3.10. The third-order valence-electron chi connectivity index (χ3n) is 5.42. The Morgan fingerprint density at radius 2 is 1.96 bits per heavy atom. The Morgan fingerprint density at radius 3 is 2.73 bits per heavy atom. The summed E-state index contributed by atoms with van der Waals surface area (Å²) in [6, 6.07) is 13.3. The molecular formula is C20H18N2O3S. The molecule has 2 atom stereocenters. The molecule has 1 aromatic carbocycles. The molecule has 0 amide bonds. The zero-order valence-electron chi connectivity index (χ0n) is 14.1. The monoisotopic (exact) mass is 366 g/mol. The summed E-state index contributed by atoms with van der Waals surface area (Å²) in [4.78, 5) is 6.76. The predicted molar refractivity (Wildman–Crippen MR) is 97.4 cm³/mol. The van der Waals surface area contributed by atoms with E-state index in [9.17, 15) is 8.42 Å². The van der Waals surface area contributed by atoms with Crippen molar-refractivity contribution >= 4 is 9.84 Å². The highest BCUT2D eigenvalue weighted by Gasteiger charge is 2.50. The second kappa shape index (κ2) is 5.79. The number of hydrogen-bond acceptors (Lipinski definition) is 5. The zero-order valence-corrected chi connectivity index (χ0v) is 14.9. The summed E-state index contributed by atoms with van der Waals surface area (Å²) < 4.78 is 31.5. The molecule has 0 radical (unpaired) electrons. The van der Waals surface area contributed by atoms with Gasteiger partial charge in [0.05, 0.1) is 16.4 Å². The molecule has 2 aliphatic heterocycles. The van der Waals surface area contributed by atoms with E-state index in [0.29, 0.717) is 11.4 Å². The van der Waals surface area contributed by atoms with E-state index in [-0.39, 0.29) is 11.2 Å². The molecule has 4 heterocycles. The summed E-state index contributed by atoms with van der Waals surface area (Å²) in [7, 11) is -3.28. The van der Waals surface area contributed by atoms with Crippen molar-refractivity contribution in [2.75, 3.05) is 13.1 Å². The highest BCUT2D eigenvalue weighted by atomic mass is 32.2. The van der Waals surface area contributed by atoms with Crippen molar-refractivity contribution in [3.05, 3.63) is 72.2 Å². The van der Waals surface area contributed by atoms with Gasteiger partial charge in [-0.1, -0.05) is 0 Å². The fourth-order valence-corrected chi connectivity index (χ4v) is 6.39. The van der Waals surface area contributed by atoms with E-state index < -0.39 is 9.84 Å². The number of fused-ring (bicyclic) bond motifs is 3. The van der Waals surface area contributed by atoms with Crippen LogP contribution in [0.2, 0.25) is 0 Å². The van der Waals surface area contributed by atoms with Crippen LogP contribution in [0.5, 0.6) is 0 Å². The van der Waals surface area contributed by atoms with Crippen molar-refractivity contribution in [2.45, 2.75) is 22.6 Å². The zero-order chi connectivity index (χ0) is 17.7. The first-order chi connectivity index (χ1) is 12.6. The lowest BCUT2D eigenvalue weighted by Gasteiger charge is -2.17. The molecule has 0 spiro atoms. The molecule has 6 heteroatoms. The van der Waals surface area contributed by atoms with Gasteiger partial charge in [-0.15, -0.1) is 0 Å². The van der Waals surface area contributed by atoms with Gasteiger partial charge in [0.2, 0.25) is 0 Å². The van der Waals surface area contributed by atoms with Gasteiger partial charge in [0.25, 0.3) is 0 Å². The lowest BCUT2D eigenvalue weighted by molar-refractivity contribution is 0.325. The van der Waals surface area contributed by atoms with Crippen molar-refractivity contribution in [1.82, 2.24) is 9.88 Å². The highest BCUT2D eigenvalue weighted by Crippen LogP contribution is 2.46. The van der Waals surface area contributed by atoms with Gasteiger partial charge in [-0.05, 0) is 53.6 Å². The standard InChI is InChI=1S/C20H18N2O3S/c23-26(24)19-4-3-15(18-2-1-9-25-18)10-16(19)17-12-22(13-20(17)26)11-14-5-7-21-8-6-14/h1-10,17,20H,11-13H2/t17-,20-/m1/s1. The van der Waals surface area contributed by atoms with Gasteiger partial charge < -0.3 is 4.42 Å². The molecule has 0 N–H and O–H groups in total. The van der Waals surface area contributed by atoms with Crippen LogP contribution in [0, 0.1) is 0 Å². The van der Waals surface area contributed by atoms with Crippen LogP contribution < -0.4 is 0 Å². The van der Waals surface area contributed by atoms with Crippen molar-refractivity contribution in [2.24, 2.45) is 0 Å². The number of nitrogens with zero attached hydrogens (tertiary/aromatic N) is 2. The first-order valence-corrected chi connectivity index (χ1v) is 10.2. The number of aromatic nitrogens is 1. The van der Waals surface area contributed by atoms with E-state index in [0.717, 1.165) is 35.5 Å². The Morgan fingerprint density at radius 1 is 1.12 bits per heavy atom. The molecule has 0 aliphatic carbocycles. The van der Waals surface area contributed by atoms with Crippen LogP contribution in [-0.4, -0.2) is 36.6 Å². The minimum Gasteiger partial charge on any atom is -0.464 e. The molecule has 0 unspecified atom stereocenters. The van der Waals surface area contributed by atoms with Crippen molar-refractivity contribution < 1.29 is 12.8 Å². The van der Waals surface area contributed by atoms with Crippen LogP contribution in [-0.2, 0) is 16.4 Å². The minimum atomic E-state index is -3.28. The lowest BCUT2D eigenvalue weighted by Crippen LogP contribution is -2.25. The van der Waals surface area contributed by atoms with E-state index in [2.05, 4.69) is 9.88 Å². The van der Waals surface area contributed by atoms with Gasteiger partial charge in [-0.25, -0.2) is 8.42 Å². The van der Waals surface area contributed by atoms with E-state index in [1.54, 1.807) is 24.7 Å². The summed E-state index contributed by atoms with van der Waals surface area (Å²) in [5.41, 5.74) is 3.01. The quantitative estimate of drug-likeness (QED) is 0.713. The van der Waals surface area contributed by atoms with Gasteiger partial charge in [0.15, 0.2) is 9.84 Å². The third kappa shape index (κ3) is 2.40. The maximum absolute atomic E-state index is 13.0. The molecule has 1 saturated heterocycles. The van der Waals surface area contributed by atoms with Gasteiger partial charge >= 0.3 is 0 Å². The summed E-state index contributed by atoms with van der Waals surface area (Å²) in [5, 5.41) is -0.355. The Hall–Kier alpha value is -2.44. The Kier molecular flexibility index (Phi) is 3.52. The number of pyridine rings is 1. The molecule has 3 aromatic rings. The van der Waals surface area contributed by atoms with Crippen LogP contribution in [0.1, 0.15) is 17.0 Å². The number of hydrogen-bond donors (Lipinski definition) is 0. The van der Waals surface area contributed by atoms with Crippen LogP contribution in [0.25, 0.3) is 11.3 Å². The molecule has 5 nitrogen and oxygen atoms in total. The number of rotatable bonds is 3. The summed E-state index contributed by atoms with van der Waals surface area (Å²) in [5.74, 6) is 0.784. The average Bonchev–Trinajstić information content (AvgIpc) is 3.35. The van der Waals surface area contributed by atoms with Crippen molar-refractivity contribution in [3.8, 4) is 11.3 Å². The van der Waals surface area contributed by atoms with Gasteiger partial charge in [0, 0.05) is 43.5 Å². The largest absolute Gasteiger partial charge is 0.464 e. The smallest absolute Gasteiger partial charge is 0.183 e. The molecule has 1 fully saturated rings. The molecule has 132 valence electrons. The Labute approximate surface area is 152 Å². The minimum absolute atomic E-state index is 0.0201. The molecular weight excluding hydrogens is 348 g/mol. The Balaban J connectivity index is 1.49. The summed E-state index contributed by atoms with van der Waals surface area (Å²) >= 11 is 0. The number of furan rings is 1. The molecule has 2 aromatic heterocycles. The van der Waals surface area contributed by atoms with Gasteiger partial charge in [-0.2, -0.15) is 0 Å². The van der Waals surface area contributed by atoms with Crippen molar-refractivity contribution in [3.63, 3.8) is 0 Å².